The lowest BCUT2D eigenvalue weighted by Gasteiger charge is -2.37. The van der Waals surface area contributed by atoms with Gasteiger partial charge < -0.3 is 4.74 Å². The second-order valence-corrected chi connectivity index (χ2v) is 7.83. The summed E-state index contributed by atoms with van der Waals surface area (Å²) in [4.78, 5) is 2.56. The van der Waals surface area contributed by atoms with Gasteiger partial charge >= 0.3 is 0 Å². The Balaban J connectivity index is 2.14. The van der Waals surface area contributed by atoms with Gasteiger partial charge in [0.15, 0.2) is 0 Å². The summed E-state index contributed by atoms with van der Waals surface area (Å²) >= 11 is 3.69. The molecule has 1 heterocycles. The number of ether oxygens (including phenoxy) is 1. The Bertz CT molecular complexity index is 676. The van der Waals surface area contributed by atoms with E-state index in [9.17, 15) is 0 Å². The number of hydrogen-bond acceptors (Lipinski definition) is 4. The van der Waals surface area contributed by atoms with Crippen LogP contribution in [-0.2, 0) is 4.74 Å². The predicted molar refractivity (Wildman–Crippen MR) is 112 cm³/mol. The maximum absolute atomic E-state index is 5.62. The third-order valence-electron chi connectivity index (χ3n) is 4.48. The number of thioether (sulfide) groups is 2. The van der Waals surface area contributed by atoms with Crippen molar-refractivity contribution in [3.05, 3.63) is 76.0 Å². The van der Waals surface area contributed by atoms with Crippen LogP contribution >= 0.6 is 23.5 Å². The molecule has 1 unspecified atom stereocenters. The van der Waals surface area contributed by atoms with Crippen LogP contribution in [-0.4, -0.2) is 43.7 Å². The molecule has 1 fully saturated rings. The molecule has 0 aliphatic carbocycles. The second-order valence-electron chi connectivity index (χ2n) is 5.94. The van der Waals surface area contributed by atoms with Crippen molar-refractivity contribution in [1.29, 1.82) is 0 Å². The fraction of sp³-hybridized carbons (Fsp3) is 0.333. The van der Waals surface area contributed by atoms with Crippen molar-refractivity contribution in [1.82, 2.24) is 4.90 Å². The zero-order valence-corrected chi connectivity index (χ0v) is 16.5. The first-order chi connectivity index (χ1) is 12.3. The highest BCUT2D eigenvalue weighted by Gasteiger charge is 2.29. The lowest BCUT2D eigenvalue weighted by Crippen LogP contribution is -2.39. The van der Waals surface area contributed by atoms with Gasteiger partial charge in [-0.1, -0.05) is 60.7 Å². The monoisotopic (exact) mass is 371 g/mol. The van der Waals surface area contributed by atoms with Gasteiger partial charge in [0.05, 0.1) is 19.3 Å². The summed E-state index contributed by atoms with van der Waals surface area (Å²) < 4.78 is 7.00. The van der Waals surface area contributed by atoms with Gasteiger partial charge in [-0.25, -0.2) is 0 Å². The smallest absolute Gasteiger partial charge is 0.0625 e. The second kappa shape index (κ2) is 9.48. The minimum atomic E-state index is 0.252. The number of hydrogen-bond donors (Lipinski definition) is 0. The predicted octanol–water partition coefficient (Wildman–Crippen LogP) is 5.15. The van der Waals surface area contributed by atoms with Crippen molar-refractivity contribution in [3.63, 3.8) is 0 Å². The van der Waals surface area contributed by atoms with Crippen LogP contribution in [0.5, 0.6) is 0 Å². The Kier molecular flexibility index (Phi) is 7.05. The molecule has 0 N–H and O–H groups in total. The normalized spacial score (nSPS) is 16.4. The average Bonchev–Trinajstić information content (AvgIpc) is 2.70. The van der Waals surface area contributed by atoms with E-state index in [1.54, 1.807) is 0 Å². The maximum Gasteiger partial charge on any atom is 0.0625 e. The van der Waals surface area contributed by atoms with Crippen molar-refractivity contribution in [2.45, 2.75) is 6.04 Å². The number of nitrogens with zero attached hydrogens (tertiary/aromatic N) is 1. The molecule has 1 atom stereocenters. The zero-order chi connectivity index (χ0) is 17.5. The van der Waals surface area contributed by atoms with Crippen LogP contribution in [0.4, 0.5) is 0 Å². The number of rotatable bonds is 6. The van der Waals surface area contributed by atoms with E-state index in [0.717, 1.165) is 26.3 Å². The Morgan fingerprint density at radius 2 is 1.44 bits per heavy atom. The Labute approximate surface area is 159 Å². The lowest BCUT2D eigenvalue weighted by molar-refractivity contribution is 0.0271. The van der Waals surface area contributed by atoms with Crippen LogP contribution in [0.15, 0.2) is 64.9 Å². The highest BCUT2D eigenvalue weighted by atomic mass is 32.2. The Morgan fingerprint density at radius 3 is 2.00 bits per heavy atom. The standard InChI is InChI=1S/C21H25NOS2/c1-24-21(25-2)19(17-9-5-3-6-10-17)20(18-11-7-4-8-12-18)22-13-15-23-16-14-22/h3-12,20H,13-16H2,1-2H3. The van der Waals surface area contributed by atoms with Crippen molar-refractivity contribution >= 4 is 29.1 Å². The van der Waals surface area contributed by atoms with Gasteiger partial charge in [-0.15, -0.1) is 23.5 Å². The first kappa shape index (κ1) is 18.6. The van der Waals surface area contributed by atoms with Crippen LogP contribution in [0.3, 0.4) is 0 Å². The fourth-order valence-corrected chi connectivity index (χ4v) is 4.90. The van der Waals surface area contributed by atoms with Gasteiger partial charge in [-0.3, -0.25) is 4.90 Å². The fourth-order valence-electron chi connectivity index (χ4n) is 3.34. The van der Waals surface area contributed by atoms with Gasteiger partial charge in [0.2, 0.25) is 0 Å². The van der Waals surface area contributed by atoms with Crippen molar-refractivity contribution < 1.29 is 4.74 Å². The summed E-state index contributed by atoms with van der Waals surface area (Å²) in [6, 6.07) is 22.0. The molecule has 0 radical (unpaired) electrons. The molecule has 4 heteroatoms. The minimum absolute atomic E-state index is 0.252. The van der Waals surface area contributed by atoms with Crippen LogP contribution < -0.4 is 0 Å². The van der Waals surface area contributed by atoms with E-state index in [0.29, 0.717) is 0 Å². The van der Waals surface area contributed by atoms with E-state index in [-0.39, 0.29) is 6.04 Å². The average molecular weight is 372 g/mol. The molecule has 1 saturated heterocycles. The summed E-state index contributed by atoms with van der Waals surface area (Å²) in [5.41, 5.74) is 4.07. The van der Waals surface area contributed by atoms with Crippen LogP contribution in [0.2, 0.25) is 0 Å². The molecule has 2 aromatic rings. The molecule has 25 heavy (non-hydrogen) atoms. The molecular formula is C21H25NOS2. The van der Waals surface area contributed by atoms with Gasteiger partial charge in [0, 0.05) is 22.9 Å². The van der Waals surface area contributed by atoms with E-state index in [1.165, 1.54) is 20.9 Å². The van der Waals surface area contributed by atoms with Crippen LogP contribution in [0.25, 0.3) is 5.57 Å². The summed E-state index contributed by atoms with van der Waals surface area (Å²) in [6.45, 7) is 3.54. The largest absolute Gasteiger partial charge is 0.379 e. The maximum atomic E-state index is 5.62. The summed E-state index contributed by atoms with van der Waals surface area (Å²) in [6.07, 6.45) is 4.35. The highest BCUT2D eigenvalue weighted by molar-refractivity contribution is 8.21. The molecule has 0 saturated carbocycles. The third kappa shape index (κ3) is 4.50. The molecular weight excluding hydrogens is 346 g/mol. The van der Waals surface area contributed by atoms with E-state index in [1.807, 2.05) is 23.5 Å². The van der Waals surface area contributed by atoms with Crippen molar-refractivity contribution in [2.24, 2.45) is 0 Å². The van der Waals surface area contributed by atoms with Crippen LogP contribution in [0, 0.1) is 0 Å². The molecule has 3 rings (SSSR count). The molecule has 1 aliphatic heterocycles. The molecule has 2 nitrogen and oxygen atoms in total. The third-order valence-corrected chi connectivity index (χ3v) is 6.66. The van der Waals surface area contributed by atoms with E-state index >= 15 is 0 Å². The summed E-state index contributed by atoms with van der Waals surface area (Å²) in [5.74, 6) is 0. The quantitative estimate of drug-likeness (QED) is 0.695. The number of morpholine rings is 1. The molecule has 0 spiro atoms. The first-order valence-corrected chi connectivity index (χ1v) is 11.0. The topological polar surface area (TPSA) is 12.5 Å². The molecule has 2 aromatic carbocycles. The van der Waals surface area contributed by atoms with Crippen molar-refractivity contribution in [3.8, 4) is 0 Å². The lowest BCUT2D eigenvalue weighted by atomic mass is 9.92. The molecule has 0 amide bonds. The zero-order valence-electron chi connectivity index (χ0n) is 14.9. The molecule has 0 aromatic heterocycles. The summed E-state index contributed by atoms with van der Waals surface area (Å²) in [5, 5.41) is 0. The van der Waals surface area contributed by atoms with Gasteiger partial charge in [0.25, 0.3) is 0 Å². The van der Waals surface area contributed by atoms with Gasteiger partial charge in [-0.2, -0.15) is 0 Å². The first-order valence-electron chi connectivity index (χ1n) is 8.59. The SMILES string of the molecule is CSC(SC)=C(c1ccccc1)C(c1ccccc1)N1CCOCC1. The molecule has 132 valence electrons. The van der Waals surface area contributed by atoms with Crippen LogP contribution in [0.1, 0.15) is 17.2 Å². The van der Waals surface area contributed by atoms with E-state index in [4.69, 9.17) is 4.74 Å². The van der Waals surface area contributed by atoms with Gasteiger partial charge in [-0.05, 0) is 23.6 Å². The van der Waals surface area contributed by atoms with E-state index < -0.39 is 0 Å². The minimum Gasteiger partial charge on any atom is -0.379 e. The Morgan fingerprint density at radius 1 is 0.880 bits per heavy atom. The molecule has 1 aliphatic rings. The Hall–Kier alpha value is -1.20. The van der Waals surface area contributed by atoms with E-state index in [2.05, 4.69) is 78.1 Å². The van der Waals surface area contributed by atoms with Gasteiger partial charge in [0.1, 0.15) is 0 Å². The van der Waals surface area contributed by atoms with Crippen molar-refractivity contribution in [2.75, 3.05) is 38.8 Å². The summed E-state index contributed by atoms with van der Waals surface area (Å²) in [7, 11) is 0. The molecule has 0 bridgehead atoms. The highest BCUT2D eigenvalue weighted by Crippen LogP contribution is 2.43. The number of benzene rings is 2.